The lowest BCUT2D eigenvalue weighted by atomic mass is 10.2. The first-order valence-corrected chi connectivity index (χ1v) is 9.47. The van der Waals surface area contributed by atoms with Gasteiger partial charge >= 0.3 is 0 Å². The van der Waals surface area contributed by atoms with E-state index in [-0.39, 0.29) is 11.2 Å². The zero-order valence-electron chi connectivity index (χ0n) is 15.5. The summed E-state index contributed by atoms with van der Waals surface area (Å²) in [5.74, 6) is 1.49. The van der Waals surface area contributed by atoms with E-state index in [0.717, 1.165) is 16.9 Å². The van der Waals surface area contributed by atoms with E-state index < -0.39 is 0 Å². The Balaban J connectivity index is 1.61. The van der Waals surface area contributed by atoms with E-state index in [4.69, 9.17) is 4.74 Å². The van der Waals surface area contributed by atoms with Gasteiger partial charge < -0.3 is 9.64 Å². The van der Waals surface area contributed by atoms with Crippen molar-refractivity contribution in [1.82, 2.24) is 20.1 Å². The number of nitrogens with zero attached hydrogens (tertiary/aromatic N) is 3. The predicted molar refractivity (Wildman–Crippen MR) is 107 cm³/mol. The van der Waals surface area contributed by atoms with Gasteiger partial charge in [0.1, 0.15) is 5.75 Å². The first-order valence-electron chi connectivity index (χ1n) is 8.59. The zero-order chi connectivity index (χ0) is 19.2. The molecule has 27 heavy (non-hydrogen) atoms. The van der Waals surface area contributed by atoms with Crippen LogP contribution in [0.15, 0.2) is 59.8 Å². The molecule has 0 radical (unpaired) electrons. The topological polar surface area (TPSA) is 71.1 Å². The van der Waals surface area contributed by atoms with Gasteiger partial charge in [0.2, 0.25) is 11.1 Å². The van der Waals surface area contributed by atoms with Gasteiger partial charge in [-0.25, -0.2) is 4.98 Å². The number of carbonyl (C=O) groups is 1. The van der Waals surface area contributed by atoms with Gasteiger partial charge in [-0.15, -0.1) is 5.10 Å². The van der Waals surface area contributed by atoms with E-state index in [1.807, 2.05) is 68.6 Å². The molecule has 1 aromatic heterocycles. The third-order valence-electron chi connectivity index (χ3n) is 4.10. The number of hydrogen-bond acceptors (Lipinski definition) is 5. The molecule has 6 nitrogen and oxygen atoms in total. The molecule has 0 saturated carbocycles. The molecular formula is C20H22N4O2S. The predicted octanol–water partition coefficient (Wildman–Crippen LogP) is 3.62. The Morgan fingerprint density at radius 2 is 1.89 bits per heavy atom. The van der Waals surface area contributed by atoms with E-state index in [0.29, 0.717) is 17.5 Å². The first-order chi connectivity index (χ1) is 13.1. The number of hydrogen-bond donors (Lipinski definition) is 1. The van der Waals surface area contributed by atoms with Crippen molar-refractivity contribution in [1.29, 1.82) is 0 Å². The number of ether oxygens (including phenoxy) is 1. The second-order valence-electron chi connectivity index (χ2n) is 6.14. The molecule has 3 rings (SSSR count). The molecule has 0 spiro atoms. The summed E-state index contributed by atoms with van der Waals surface area (Å²) in [7, 11) is 3.44. The largest absolute Gasteiger partial charge is 0.497 e. The van der Waals surface area contributed by atoms with Gasteiger partial charge in [0.25, 0.3) is 0 Å². The number of aromatic nitrogens is 3. The number of carbonyl (C=O) groups excluding carboxylic acids is 1. The number of nitrogens with one attached hydrogen (secondary N) is 1. The normalized spacial score (nSPS) is 11.8. The fraction of sp³-hybridized carbons (Fsp3) is 0.250. The highest BCUT2D eigenvalue weighted by molar-refractivity contribution is 8.00. The molecule has 1 heterocycles. The summed E-state index contributed by atoms with van der Waals surface area (Å²) in [6.45, 7) is 2.45. The maximum Gasteiger partial charge on any atom is 0.235 e. The highest BCUT2D eigenvalue weighted by atomic mass is 32.2. The van der Waals surface area contributed by atoms with Crippen molar-refractivity contribution >= 4 is 17.7 Å². The van der Waals surface area contributed by atoms with Gasteiger partial charge in [-0.1, -0.05) is 42.1 Å². The van der Waals surface area contributed by atoms with Crippen molar-refractivity contribution < 1.29 is 9.53 Å². The average Bonchev–Trinajstić information content (AvgIpc) is 3.16. The Morgan fingerprint density at radius 1 is 1.19 bits per heavy atom. The molecule has 0 saturated heterocycles. The molecule has 1 amide bonds. The number of amides is 1. The summed E-state index contributed by atoms with van der Waals surface area (Å²) in [5, 5.41) is 7.42. The summed E-state index contributed by atoms with van der Waals surface area (Å²) in [6, 6.07) is 17.5. The Labute approximate surface area is 163 Å². The number of aromatic amines is 1. The van der Waals surface area contributed by atoms with E-state index in [9.17, 15) is 4.79 Å². The van der Waals surface area contributed by atoms with Crippen LogP contribution in [0.4, 0.5) is 0 Å². The first kappa shape index (κ1) is 19.0. The van der Waals surface area contributed by atoms with Gasteiger partial charge in [-0.3, -0.25) is 9.89 Å². The van der Waals surface area contributed by atoms with Crippen molar-refractivity contribution in [2.24, 2.45) is 0 Å². The monoisotopic (exact) mass is 382 g/mol. The zero-order valence-corrected chi connectivity index (χ0v) is 16.4. The standard InChI is InChI=1S/C20H22N4O2S/c1-14(19(25)24(2)13-15-7-5-4-6-8-15)27-20-21-18(22-23-20)16-9-11-17(26-3)12-10-16/h4-12,14H,13H2,1-3H3,(H,21,22,23)/t14-/m0/s1. The SMILES string of the molecule is COc1ccc(-c2nc(S[C@@H](C)C(=O)N(C)Cc3ccccc3)n[nH]2)cc1. The molecule has 0 bridgehead atoms. The highest BCUT2D eigenvalue weighted by Gasteiger charge is 2.21. The van der Waals surface area contributed by atoms with Crippen LogP contribution in [0.5, 0.6) is 5.75 Å². The Kier molecular flexibility index (Phi) is 6.13. The number of benzene rings is 2. The minimum Gasteiger partial charge on any atom is -0.497 e. The molecule has 0 fully saturated rings. The Morgan fingerprint density at radius 3 is 2.56 bits per heavy atom. The minimum atomic E-state index is -0.279. The van der Waals surface area contributed by atoms with Crippen molar-refractivity contribution in [2.45, 2.75) is 23.9 Å². The Bertz CT molecular complexity index is 881. The van der Waals surface area contributed by atoms with Gasteiger partial charge in [0.15, 0.2) is 5.82 Å². The van der Waals surface area contributed by atoms with Crippen molar-refractivity contribution in [2.75, 3.05) is 14.2 Å². The highest BCUT2D eigenvalue weighted by Crippen LogP contribution is 2.25. The van der Waals surface area contributed by atoms with E-state index >= 15 is 0 Å². The number of rotatable bonds is 7. The molecule has 1 atom stereocenters. The second-order valence-corrected chi connectivity index (χ2v) is 7.44. The quantitative estimate of drug-likeness (QED) is 0.632. The number of H-pyrrole nitrogens is 1. The molecule has 0 aliphatic carbocycles. The van der Waals surface area contributed by atoms with Crippen LogP contribution >= 0.6 is 11.8 Å². The molecule has 140 valence electrons. The molecule has 7 heteroatoms. The summed E-state index contributed by atoms with van der Waals surface area (Å²) < 4.78 is 5.16. The van der Waals surface area contributed by atoms with Crippen LogP contribution in [-0.2, 0) is 11.3 Å². The minimum absolute atomic E-state index is 0.0413. The van der Waals surface area contributed by atoms with Gasteiger partial charge in [0.05, 0.1) is 12.4 Å². The molecule has 0 unspecified atom stereocenters. The third-order valence-corrected chi connectivity index (χ3v) is 5.05. The van der Waals surface area contributed by atoms with E-state index in [1.54, 1.807) is 12.0 Å². The van der Waals surface area contributed by atoms with Crippen molar-refractivity contribution in [3.05, 3.63) is 60.2 Å². The molecule has 3 aromatic rings. The third kappa shape index (κ3) is 4.89. The number of methoxy groups -OCH3 is 1. The second kappa shape index (κ2) is 8.73. The van der Waals surface area contributed by atoms with Crippen LogP contribution in [0.25, 0.3) is 11.4 Å². The molecule has 0 aliphatic rings. The lowest BCUT2D eigenvalue weighted by Crippen LogP contribution is -2.32. The maximum atomic E-state index is 12.6. The van der Waals surface area contributed by atoms with E-state index in [2.05, 4.69) is 15.2 Å². The maximum absolute atomic E-state index is 12.6. The molecule has 1 N–H and O–H groups in total. The van der Waals surface area contributed by atoms with Gasteiger partial charge in [-0.2, -0.15) is 0 Å². The van der Waals surface area contributed by atoms with Crippen LogP contribution < -0.4 is 4.74 Å². The fourth-order valence-corrected chi connectivity index (χ4v) is 3.47. The van der Waals surface area contributed by atoms with Crippen LogP contribution in [0.1, 0.15) is 12.5 Å². The van der Waals surface area contributed by atoms with Crippen molar-refractivity contribution in [3.63, 3.8) is 0 Å². The van der Waals surface area contributed by atoms with Gasteiger partial charge in [-0.05, 0) is 36.8 Å². The summed E-state index contributed by atoms with van der Waals surface area (Å²) in [6.07, 6.45) is 0. The van der Waals surface area contributed by atoms with E-state index in [1.165, 1.54) is 11.8 Å². The molecular weight excluding hydrogens is 360 g/mol. The number of thioether (sulfide) groups is 1. The van der Waals surface area contributed by atoms with Gasteiger partial charge in [0, 0.05) is 19.2 Å². The lowest BCUT2D eigenvalue weighted by molar-refractivity contribution is -0.129. The smallest absolute Gasteiger partial charge is 0.235 e. The van der Waals surface area contributed by atoms with Crippen LogP contribution in [-0.4, -0.2) is 45.4 Å². The lowest BCUT2D eigenvalue weighted by Gasteiger charge is -2.20. The Hall–Kier alpha value is -2.80. The fourth-order valence-electron chi connectivity index (χ4n) is 2.63. The summed E-state index contributed by atoms with van der Waals surface area (Å²) >= 11 is 1.34. The molecule has 0 aliphatic heterocycles. The average molecular weight is 382 g/mol. The van der Waals surface area contributed by atoms with Crippen LogP contribution in [0.2, 0.25) is 0 Å². The van der Waals surface area contributed by atoms with Crippen molar-refractivity contribution in [3.8, 4) is 17.1 Å². The summed E-state index contributed by atoms with van der Waals surface area (Å²) in [4.78, 5) is 18.8. The van der Waals surface area contributed by atoms with Crippen LogP contribution in [0, 0.1) is 0 Å². The summed E-state index contributed by atoms with van der Waals surface area (Å²) in [5.41, 5.74) is 2.01. The molecule has 2 aromatic carbocycles. The van der Waals surface area contributed by atoms with Crippen LogP contribution in [0.3, 0.4) is 0 Å².